The van der Waals surface area contributed by atoms with Gasteiger partial charge in [0.2, 0.25) is 5.91 Å². The number of carbonyl (C=O) groups excluding carboxylic acids is 1. The summed E-state index contributed by atoms with van der Waals surface area (Å²) in [5.41, 5.74) is 2.11. The molecule has 0 aliphatic heterocycles. The molecule has 0 aromatic heterocycles. The van der Waals surface area contributed by atoms with Gasteiger partial charge < -0.3 is 5.32 Å². The molecule has 0 atom stereocenters. The molecule has 0 radical (unpaired) electrons. The Hall–Kier alpha value is -1.57. The second kappa shape index (κ2) is 5.35. The van der Waals surface area contributed by atoms with Crippen molar-refractivity contribution >= 4 is 11.6 Å². The molecular formula is C13H17NO. The highest BCUT2D eigenvalue weighted by molar-refractivity contribution is 5.98. The summed E-state index contributed by atoms with van der Waals surface area (Å²) in [5.74, 6) is 0.477. The van der Waals surface area contributed by atoms with E-state index in [2.05, 4.69) is 25.7 Å². The van der Waals surface area contributed by atoms with Crippen LogP contribution in [-0.4, -0.2) is 5.91 Å². The maximum atomic E-state index is 11.0. The Balaban J connectivity index is 2.63. The third-order valence-electron chi connectivity index (χ3n) is 2.05. The minimum atomic E-state index is -0.174. The predicted molar refractivity (Wildman–Crippen MR) is 63.8 cm³/mol. The van der Waals surface area contributed by atoms with Crippen molar-refractivity contribution in [3.8, 4) is 0 Å². The van der Waals surface area contributed by atoms with Gasteiger partial charge in [0.1, 0.15) is 0 Å². The van der Waals surface area contributed by atoms with Gasteiger partial charge in [0.25, 0.3) is 0 Å². The van der Waals surface area contributed by atoms with Crippen LogP contribution in [0.3, 0.4) is 0 Å². The molecular weight excluding hydrogens is 186 g/mol. The van der Waals surface area contributed by atoms with Crippen molar-refractivity contribution in [3.63, 3.8) is 0 Å². The van der Waals surface area contributed by atoms with Gasteiger partial charge in [-0.25, -0.2) is 0 Å². The highest BCUT2D eigenvalue weighted by Crippen LogP contribution is 2.12. The molecule has 0 heterocycles. The Morgan fingerprint density at radius 2 is 2.00 bits per heavy atom. The first kappa shape index (κ1) is 11.5. The average molecular weight is 203 g/mol. The quantitative estimate of drug-likeness (QED) is 0.749. The fraction of sp³-hybridized carbons (Fsp3) is 0.308. The second-order valence-electron chi connectivity index (χ2n) is 3.99. The number of carbonyl (C=O) groups is 1. The fourth-order valence-electron chi connectivity index (χ4n) is 1.39. The van der Waals surface area contributed by atoms with Gasteiger partial charge in [-0.05, 0) is 36.1 Å². The number of nitrogens with one attached hydrogen (secondary N) is 1. The van der Waals surface area contributed by atoms with Gasteiger partial charge >= 0.3 is 0 Å². The van der Waals surface area contributed by atoms with Crippen LogP contribution in [0.1, 0.15) is 19.4 Å². The SMILES string of the molecule is C=CC(=O)Nc1ccc(CC(C)C)cc1. The standard InChI is InChI=1S/C13H17NO/c1-4-13(15)14-12-7-5-11(6-8-12)9-10(2)3/h4-8,10H,1,9H2,2-3H3,(H,14,15). The molecule has 80 valence electrons. The molecule has 1 aromatic carbocycles. The van der Waals surface area contributed by atoms with E-state index in [0.29, 0.717) is 5.92 Å². The number of benzene rings is 1. The highest BCUT2D eigenvalue weighted by atomic mass is 16.1. The van der Waals surface area contributed by atoms with Crippen molar-refractivity contribution in [2.24, 2.45) is 5.92 Å². The molecule has 0 saturated heterocycles. The lowest BCUT2D eigenvalue weighted by molar-refractivity contribution is -0.111. The van der Waals surface area contributed by atoms with Crippen LogP contribution < -0.4 is 5.32 Å². The van der Waals surface area contributed by atoms with Crippen molar-refractivity contribution in [1.29, 1.82) is 0 Å². The molecule has 0 unspecified atom stereocenters. The lowest BCUT2D eigenvalue weighted by atomic mass is 10.0. The molecule has 0 saturated carbocycles. The second-order valence-corrected chi connectivity index (χ2v) is 3.99. The Morgan fingerprint density at radius 1 is 1.40 bits per heavy atom. The summed E-state index contributed by atoms with van der Waals surface area (Å²) < 4.78 is 0. The zero-order valence-corrected chi connectivity index (χ0v) is 9.29. The van der Waals surface area contributed by atoms with E-state index in [4.69, 9.17) is 0 Å². The number of rotatable bonds is 4. The van der Waals surface area contributed by atoms with Gasteiger partial charge in [-0.3, -0.25) is 4.79 Å². The summed E-state index contributed by atoms with van der Waals surface area (Å²) in [6, 6.07) is 7.91. The largest absolute Gasteiger partial charge is 0.323 e. The predicted octanol–water partition coefficient (Wildman–Crippen LogP) is 3.01. The minimum absolute atomic E-state index is 0.174. The Kier molecular flexibility index (Phi) is 4.10. The molecule has 0 aliphatic carbocycles. The molecule has 2 heteroatoms. The zero-order chi connectivity index (χ0) is 11.3. The van der Waals surface area contributed by atoms with E-state index in [9.17, 15) is 4.79 Å². The number of anilines is 1. The van der Waals surface area contributed by atoms with Crippen molar-refractivity contribution in [2.75, 3.05) is 5.32 Å². The van der Waals surface area contributed by atoms with Crippen LogP contribution in [0, 0.1) is 5.92 Å². The zero-order valence-electron chi connectivity index (χ0n) is 9.29. The van der Waals surface area contributed by atoms with Crippen LogP contribution in [-0.2, 0) is 11.2 Å². The average Bonchev–Trinajstić information content (AvgIpc) is 2.20. The van der Waals surface area contributed by atoms with E-state index in [-0.39, 0.29) is 5.91 Å². The van der Waals surface area contributed by atoms with Crippen LogP contribution in [0.15, 0.2) is 36.9 Å². The Bertz CT molecular complexity index is 338. The van der Waals surface area contributed by atoms with Crippen LogP contribution in [0.4, 0.5) is 5.69 Å². The number of amides is 1. The third-order valence-corrected chi connectivity index (χ3v) is 2.05. The van der Waals surface area contributed by atoms with Gasteiger partial charge in [0, 0.05) is 5.69 Å². The van der Waals surface area contributed by atoms with E-state index >= 15 is 0 Å². The van der Waals surface area contributed by atoms with E-state index in [0.717, 1.165) is 12.1 Å². The van der Waals surface area contributed by atoms with Gasteiger partial charge in [-0.2, -0.15) is 0 Å². The molecule has 1 N–H and O–H groups in total. The third kappa shape index (κ3) is 3.98. The minimum Gasteiger partial charge on any atom is -0.323 e. The summed E-state index contributed by atoms with van der Waals surface area (Å²) in [6.45, 7) is 7.78. The summed E-state index contributed by atoms with van der Waals surface area (Å²) >= 11 is 0. The molecule has 0 aliphatic rings. The fourth-order valence-corrected chi connectivity index (χ4v) is 1.39. The Labute approximate surface area is 91.0 Å². The molecule has 2 nitrogen and oxygen atoms in total. The Morgan fingerprint density at radius 3 is 2.47 bits per heavy atom. The summed E-state index contributed by atoms with van der Waals surface area (Å²) in [6.07, 6.45) is 2.33. The van der Waals surface area contributed by atoms with Gasteiger partial charge in [-0.1, -0.05) is 32.6 Å². The van der Waals surface area contributed by atoms with Crippen molar-refractivity contribution < 1.29 is 4.79 Å². The van der Waals surface area contributed by atoms with Gasteiger partial charge in [0.15, 0.2) is 0 Å². The molecule has 15 heavy (non-hydrogen) atoms. The summed E-state index contributed by atoms with van der Waals surface area (Å²) in [7, 11) is 0. The van der Waals surface area contributed by atoms with Crippen molar-refractivity contribution in [3.05, 3.63) is 42.5 Å². The smallest absolute Gasteiger partial charge is 0.247 e. The number of hydrogen-bond acceptors (Lipinski definition) is 1. The van der Waals surface area contributed by atoms with Crippen LogP contribution in [0.2, 0.25) is 0 Å². The van der Waals surface area contributed by atoms with Crippen molar-refractivity contribution in [2.45, 2.75) is 20.3 Å². The molecule has 0 spiro atoms. The van der Waals surface area contributed by atoms with E-state index in [1.54, 1.807) is 0 Å². The summed E-state index contributed by atoms with van der Waals surface area (Å²) in [5, 5.41) is 2.72. The van der Waals surface area contributed by atoms with E-state index in [1.807, 2.05) is 24.3 Å². The topological polar surface area (TPSA) is 29.1 Å². The summed E-state index contributed by atoms with van der Waals surface area (Å²) in [4.78, 5) is 11.0. The molecule has 0 bridgehead atoms. The first-order chi connectivity index (χ1) is 7.11. The maximum absolute atomic E-state index is 11.0. The van der Waals surface area contributed by atoms with E-state index < -0.39 is 0 Å². The lowest BCUT2D eigenvalue weighted by Gasteiger charge is -2.06. The molecule has 0 fully saturated rings. The van der Waals surface area contributed by atoms with Gasteiger partial charge in [0.05, 0.1) is 0 Å². The molecule has 1 aromatic rings. The van der Waals surface area contributed by atoms with Crippen LogP contribution in [0.5, 0.6) is 0 Å². The molecule has 1 rings (SSSR count). The first-order valence-corrected chi connectivity index (χ1v) is 5.14. The first-order valence-electron chi connectivity index (χ1n) is 5.14. The number of hydrogen-bond donors (Lipinski definition) is 1. The normalized spacial score (nSPS) is 10.1. The van der Waals surface area contributed by atoms with Crippen LogP contribution >= 0.6 is 0 Å². The lowest BCUT2D eigenvalue weighted by Crippen LogP contribution is -2.07. The van der Waals surface area contributed by atoms with Gasteiger partial charge in [-0.15, -0.1) is 0 Å². The van der Waals surface area contributed by atoms with E-state index in [1.165, 1.54) is 11.6 Å². The molecule has 1 amide bonds. The maximum Gasteiger partial charge on any atom is 0.247 e. The van der Waals surface area contributed by atoms with Crippen molar-refractivity contribution in [1.82, 2.24) is 0 Å². The monoisotopic (exact) mass is 203 g/mol. The highest BCUT2D eigenvalue weighted by Gasteiger charge is 1.99. The van der Waals surface area contributed by atoms with Crippen LogP contribution in [0.25, 0.3) is 0 Å².